The first-order chi connectivity index (χ1) is 9.38. The van der Waals surface area contributed by atoms with Crippen LogP contribution in [0.5, 0.6) is 0 Å². The maximum Gasteiger partial charge on any atom is 0.177 e. The molecule has 2 aliphatic rings. The predicted octanol–water partition coefficient (Wildman–Crippen LogP) is 0.217. The van der Waals surface area contributed by atoms with E-state index in [1.54, 1.807) is 6.20 Å². The quantitative estimate of drug-likeness (QED) is 0.727. The standard InChI is InChI=1S/C13H20N6/c1-2-15-11-9-17-12(13-16-6-7-19(11)13)18-10-4-3-5-14-8-10/h2,6-7,10-11,14-15H,1,3-5,8-9H2,(H,17,18)/t10-,11?/m0/s1. The Morgan fingerprint density at radius 2 is 2.47 bits per heavy atom. The summed E-state index contributed by atoms with van der Waals surface area (Å²) in [6, 6.07) is 0.446. The second kappa shape index (κ2) is 5.44. The van der Waals surface area contributed by atoms with Gasteiger partial charge in [-0.1, -0.05) is 6.58 Å². The Kier molecular flexibility index (Phi) is 3.50. The fraction of sp³-hybridized carbons (Fsp3) is 0.538. The van der Waals surface area contributed by atoms with Crippen LogP contribution >= 0.6 is 0 Å². The third-order valence-corrected chi connectivity index (χ3v) is 3.59. The van der Waals surface area contributed by atoms with Crippen molar-refractivity contribution >= 4 is 5.84 Å². The van der Waals surface area contributed by atoms with Gasteiger partial charge in [0.15, 0.2) is 11.7 Å². The highest BCUT2D eigenvalue weighted by Crippen LogP contribution is 2.14. The van der Waals surface area contributed by atoms with Crippen LogP contribution in [0.4, 0.5) is 0 Å². The van der Waals surface area contributed by atoms with E-state index in [1.807, 2.05) is 12.4 Å². The van der Waals surface area contributed by atoms with Crippen LogP contribution in [0.1, 0.15) is 24.8 Å². The molecule has 0 bridgehead atoms. The van der Waals surface area contributed by atoms with Crippen molar-refractivity contribution in [1.29, 1.82) is 0 Å². The molecule has 1 unspecified atom stereocenters. The zero-order valence-electron chi connectivity index (χ0n) is 11.0. The zero-order chi connectivity index (χ0) is 13.1. The summed E-state index contributed by atoms with van der Waals surface area (Å²) in [6.45, 7) is 6.51. The number of aromatic nitrogens is 2. The van der Waals surface area contributed by atoms with Crippen LogP contribution in [0, 0.1) is 0 Å². The third-order valence-electron chi connectivity index (χ3n) is 3.59. The molecule has 3 heterocycles. The largest absolute Gasteiger partial charge is 0.370 e. The van der Waals surface area contributed by atoms with E-state index in [4.69, 9.17) is 0 Å². The van der Waals surface area contributed by atoms with Crippen LogP contribution in [-0.2, 0) is 0 Å². The maximum atomic E-state index is 4.62. The van der Waals surface area contributed by atoms with Crippen molar-refractivity contribution in [2.24, 2.45) is 4.99 Å². The van der Waals surface area contributed by atoms with Gasteiger partial charge in [0.05, 0.1) is 6.54 Å². The van der Waals surface area contributed by atoms with E-state index in [0.29, 0.717) is 12.6 Å². The molecule has 1 saturated heterocycles. The highest BCUT2D eigenvalue weighted by atomic mass is 15.3. The lowest BCUT2D eigenvalue weighted by molar-refractivity contribution is 0.418. The second-order valence-electron chi connectivity index (χ2n) is 4.92. The lowest BCUT2D eigenvalue weighted by Crippen LogP contribution is -2.48. The van der Waals surface area contributed by atoms with Crippen molar-refractivity contribution in [1.82, 2.24) is 25.5 Å². The molecule has 1 aromatic heterocycles. The average molecular weight is 260 g/mol. The Bertz CT molecular complexity index is 471. The van der Waals surface area contributed by atoms with Gasteiger partial charge in [-0.2, -0.15) is 0 Å². The van der Waals surface area contributed by atoms with Crippen molar-refractivity contribution in [2.45, 2.75) is 25.0 Å². The van der Waals surface area contributed by atoms with E-state index in [2.05, 4.69) is 37.1 Å². The molecule has 0 amide bonds. The summed E-state index contributed by atoms with van der Waals surface area (Å²) in [5.74, 6) is 1.80. The minimum Gasteiger partial charge on any atom is -0.370 e. The Labute approximate surface area is 113 Å². The Morgan fingerprint density at radius 1 is 1.53 bits per heavy atom. The molecule has 0 spiro atoms. The van der Waals surface area contributed by atoms with Gasteiger partial charge in [0.25, 0.3) is 0 Å². The number of piperidine rings is 1. The smallest absolute Gasteiger partial charge is 0.177 e. The minimum absolute atomic E-state index is 0.116. The molecule has 3 rings (SSSR count). The van der Waals surface area contributed by atoms with Crippen molar-refractivity contribution in [3.8, 4) is 0 Å². The highest BCUT2D eigenvalue weighted by Gasteiger charge is 2.24. The molecule has 1 aromatic rings. The fourth-order valence-corrected chi connectivity index (χ4v) is 2.63. The molecule has 0 aliphatic carbocycles. The molecule has 0 radical (unpaired) electrons. The third kappa shape index (κ3) is 2.49. The van der Waals surface area contributed by atoms with Crippen molar-refractivity contribution in [2.75, 3.05) is 19.6 Å². The number of aliphatic imine (C=N–C) groups is 1. The molecule has 3 N–H and O–H groups in total. The number of fused-ring (bicyclic) bond motifs is 1. The van der Waals surface area contributed by atoms with Crippen molar-refractivity contribution in [3.05, 3.63) is 31.0 Å². The fourth-order valence-electron chi connectivity index (χ4n) is 2.63. The molecular weight excluding hydrogens is 240 g/mol. The van der Waals surface area contributed by atoms with Gasteiger partial charge in [-0.25, -0.2) is 4.98 Å². The van der Waals surface area contributed by atoms with Gasteiger partial charge in [-0.3, -0.25) is 4.99 Å². The normalized spacial score (nSPS) is 26.2. The molecule has 6 heteroatoms. The molecule has 19 heavy (non-hydrogen) atoms. The summed E-state index contributed by atoms with van der Waals surface area (Å²) >= 11 is 0. The number of nitrogens with zero attached hydrogens (tertiary/aromatic N) is 3. The average Bonchev–Trinajstić information content (AvgIpc) is 2.93. The van der Waals surface area contributed by atoms with Crippen LogP contribution in [0.3, 0.4) is 0 Å². The van der Waals surface area contributed by atoms with Gasteiger partial charge in [0.2, 0.25) is 0 Å². The summed E-state index contributed by atoms with van der Waals surface area (Å²) in [5, 5.41) is 10.1. The first-order valence-electron chi connectivity index (χ1n) is 6.80. The first-order valence-corrected chi connectivity index (χ1v) is 6.80. The number of hydrogen-bond acceptors (Lipinski definition) is 5. The van der Waals surface area contributed by atoms with E-state index in [9.17, 15) is 0 Å². The lowest BCUT2D eigenvalue weighted by Gasteiger charge is -2.29. The molecule has 6 nitrogen and oxygen atoms in total. The summed E-state index contributed by atoms with van der Waals surface area (Å²) in [4.78, 5) is 9.03. The van der Waals surface area contributed by atoms with Crippen molar-refractivity contribution in [3.63, 3.8) is 0 Å². The van der Waals surface area contributed by atoms with Crippen LogP contribution < -0.4 is 16.0 Å². The maximum absolute atomic E-state index is 4.62. The Morgan fingerprint density at radius 3 is 3.26 bits per heavy atom. The van der Waals surface area contributed by atoms with E-state index in [0.717, 1.165) is 24.7 Å². The number of rotatable bonds is 3. The molecule has 0 saturated carbocycles. The van der Waals surface area contributed by atoms with Gasteiger partial charge >= 0.3 is 0 Å². The lowest BCUT2D eigenvalue weighted by atomic mass is 10.1. The van der Waals surface area contributed by atoms with Crippen LogP contribution in [0.25, 0.3) is 0 Å². The number of amidine groups is 1. The highest BCUT2D eigenvalue weighted by molar-refractivity contribution is 5.96. The van der Waals surface area contributed by atoms with Crippen molar-refractivity contribution < 1.29 is 0 Å². The molecule has 2 aliphatic heterocycles. The minimum atomic E-state index is 0.116. The zero-order valence-corrected chi connectivity index (χ0v) is 11.0. The predicted molar refractivity (Wildman–Crippen MR) is 75.0 cm³/mol. The summed E-state index contributed by atoms with van der Waals surface area (Å²) in [6.07, 6.45) is 8.00. The molecule has 102 valence electrons. The van der Waals surface area contributed by atoms with Gasteiger partial charge in [0, 0.05) is 25.0 Å². The van der Waals surface area contributed by atoms with E-state index in [-0.39, 0.29) is 6.17 Å². The Hall–Kier alpha value is -1.82. The van der Waals surface area contributed by atoms with Crippen LogP contribution in [0.15, 0.2) is 30.2 Å². The molecule has 1 fully saturated rings. The summed E-state index contributed by atoms with van der Waals surface area (Å²) in [7, 11) is 0. The van der Waals surface area contributed by atoms with Crippen LogP contribution in [0.2, 0.25) is 0 Å². The number of nitrogens with one attached hydrogen (secondary N) is 3. The van der Waals surface area contributed by atoms with Gasteiger partial charge in [-0.15, -0.1) is 0 Å². The molecule has 0 aromatic carbocycles. The van der Waals surface area contributed by atoms with Gasteiger partial charge in [0.1, 0.15) is 6.17 Å². The summed E-state index contributed by atoms with van der Waals surface area (Å²) < 4.78 is 2.10. The second-order valence-corrected chi connectivity index (χ2v) is 4.92. The molecular formula is C13H20N6. The van der Waals surface area contributed by atoms with Crippen LogP contribution in [-0.4, -0.2) is 41.1 Å². The SMILES string of the molecule is C=CNC1CN=C(N[C@H]2CCCNC2)c2nccn21. The van der Waals surface area contributed by atoms with E-state index >= 15 is 0 Å². The first kappa shape index (κ1) is 12.2. The number of hydrogen-bond donors (Lipinski definition) is 3. The summed E-state index contributed by atoms with van der Waals surface area (Å²) in [5.41, 5.74) is 0. The van der Waals surface area contributed by atoms with E-state index < -0.39 is 0 Å². The molecule has 2 atom stereocenters. The monoisotopic (exact) mass is 260 g/mol. The Balaban J connectivity index is 1.75. The number of imidazole rings is 1. The van der Waals surface area contributed by atoms with E-state index in [1.165, 1.54) is 12.8 Å². The van der Waals surface area contributed by atoms with Gasteiger partial charge < -0.3 is 20.5 Å². The topological polar surface area (TPSA) is 66.3 Å². The van der Waals surface area contributed by atoms with Gasteiger partial charge in [-0.05, 0) is 25.6 Å².